The van der Waals surface area contributed by atoms with Crippen LogP contribution in [0.1, 0.15) is 58.4 Å². The van der Waals surface area contributed by atoms with Crippen molar-refractivity contribution in [3.05, 3.63) is 88.4 Å². The summed E-state index contributed by atoms with van der Waals surface area (Å²) < 4.78 is 21.5. The Morgan fingerprint density at radius 2 is 1.95 bits per heavy atom. The number of aryl methyl sites for hydroxylation is 1. The number of methoxy groups -OCH3 is 1. The number of benzene rings is 3. The van der Waals surface area contributed by atoms with Gasteiger partial charge in [-0.15, -0.1) is 0 Å². The molecule has 0 atom stereocenters. The predicted octanol–water partition coefficient (Wildman–Crippen LogP) is 6.80. The van der Waals surface area contributed by atoms with Crippen LogP contribution < -0.4 is 0 Å². The third kappa shape index (κ3) is 3.57. The number of aromatic nitrogens is 1. The van der Waals surface area contributed by atoms with Crippen LogP contribution in [0.3, 0.4) is 0 Å². The first-order valence-electron chi connectivity index (χ1n) is 12.5. The number of fused-ring (bicyclic) bond motifs is 2. The molecule has 1 saturated carbocycles. The van der Waals surface area contributed by atoms with Gasteiger partial charge in [-0.3, -0.25) is 4.99 Å². The molecular formula is C31H26FN3O2. The summed E-state index contributed by atoms with van der Waals surface area (Å²) >= 11 is 0. The summed E-state index contributed by atoms with van der Waals surface area (Å²) in [4.78, 5) is 16.6. The van der Waals surface area contributed by atoms with Crippen molar-refractivity contribution < 1.29 is 13.9 Å². The average molecular weight is 492 g/mol. The van der Waals surface area contributed by atoms with Crippen LogP contribution in [-0.4, -0.2) is 23.9 Å². The molecule has 0 unspecified atom stereocenters. The SMILES string of the molecule is COC(=O)c1ccc(-c2c(C3(CC#N)CCC3)n(-c3ccc(F)c(C)c3)c3cc4c(cc23)CN=C4)cc1. The zero-order chi connectivity index (χ0) is 25.7. The Kier molecular flexibility index (Phi) is 5.45. The highest BCUT2D eigenvalue weighted by Crippen LogP contribution is 2.53. The molecule has 0 bridgehead atoms. The molecule has 1 aromatic heterocycles. The monoisotopic (exact) mass is 491 g/mol. The fraction of sp³-hybridized carbons (Fsp3) is 0.258. The number of hydrogen-bond donors (Lipinski definition) is 0. The Balaban J connectivity index is 1.72. The van der Waals surface area contributed by atoms with Gasteiger partial charge in [-0.25, -0.2) is 9.18 Å². The van der Waals surface area contributed by atoms with Gasteiger partial charge in [0.1, 0.15) is 5.82 Å². The number of esters is 1. The first-order chi connectivity index (χ1) is 18.0. The second kappa shape index (κ2) is 8.70. The summed E-state index contributed by atoms with van der Waals surface area (Å²) in [7, 11) is 1.37. The Hall–Kier alpha value is -4.24. The van der Waals surface area contributed by atoms with Gasteiger partial charge < -0.3 is 9.30 Å². The van der Waals surface area contributed by atoms with Crippen molar-refractivity contribution >= 4 is 23.1 Å². The topological polar surface area (TPSA) is 67.4 Å². The van der Waals surface area contributed by atoms with Crippen molar-refractivity contribution in [2.75, 3.05) is 7.11 Å². The molecule has 6 rings (SSSR count). The number of nitriles is 1. The first kappa shape index (κ1) is 23.2. The highest BCUT2D eigenvalue weighted by molar-refractivity contribution is 6.04. The van der Waals surface area contributed by atoms with Crippen LogP contribution in [0, 0.1) is 24.1 Å². The van der Waals surface area contributed by atoms with E-state index in [0.29, 0.717) is 24.1 Å². The zero-order valence-corrected chi connectivity index (χ0v) is 20.8. The van der Waals surface area contributed by atoms with E-state index in [1.165, 1.54) is 13.2 Å². The molecule has 1 aliphatic carbocycles. The van der Waals surface area contributed by atoms with Gasteiger partial charge in [0, 0.05) is 40.4 Å². The molecule has 2 aliphatic rings. The van der Waals surface area contributed by atoms with E-state index in [0.717, 1.165) is 63.8 Å². The largest absolute Gasteiger partial charge is 0.465 e. The van der Waals surface area contributed by atoms with Gasteiger partial charge in [0.05, 0.1) is 30.8 Å². The summed E-state index contributed by atoms with van der Waals surface area (Å²) in [6.07, 6.45) is 5.17. The summed E-state index contributed by atoms with van der Waals surface area (Å²) in [6.45, 7) is 2.40. The fourth-order valence-corrected chi connectivity index (χ4v) is 5.87. The lowest BCUT2D eigenvalue weighted by Gasteiger charge is -2.42. The standard InChI is InChI=1S/C31H26FN3O2/c1-19-14-24(8-9-26(19)32)35-27-16-23-18-34-17-22(23)15-25(27)28(29(35)31(12-13-33)10-3-11-31)20-4-6-21(7-5-20)30(36)37-2/h4-9,14-16,18H,3,10-12,17H2,1-2H3. The van der Waals surface area contributed by atoms with Gasteiger partial charge in [0.2, 0.25) is 0 Å². The summed E-state index contributed by atoms with van der Waals surface area (Å²) in [5, 5.41) is 11.0. The average Bonchev–Trinajstić information content (AvgIpc) is 3.48. The number of aliphatic imine (C=N–C) groups is 1. The molecule has 0 saturated heterocycles. The normalized spacial score (nSPS) is 15.3. The smallest absolute Gasteiger partial charge is 0.337 e. The molecule has 3 aromatic carbocycles. The van der Waals surface area contributed by atoms with E-state index in [4.69, 9.17) is 4.74 Å². The fourth-order valence-electron chi connectivity index (χ4n) is 5.87. The van der Waals surface area contributed by atoms with Crippen LogP contribution in [0.4, 0.5) is 4.39 Å². The number of halogens is 1. The molecule has 1 aliphatic heterocycles. The second-order valence-corrected chi connectivity index (χ2v) is 10.1. The number of carbonyl (C=O) groups is 1. The summed E-state index contributed by atoms with van der Waals surface area (Å²) in [5.74, 6) is -0.630. The Morgan fingerprint density at radius 1 is 1.16 bits per heavy atom. The highest BCUT2D eigenvalue weighted by atomic mass is 19.1. The number of rotatable bonds is 5. The van der Waals surface area contributed by atoms with Crippen LogP contribution in [0.2, 0.25) is 0 Å². The lowest BCUT2D eigenvalue weighted by Crippen LogP contribution is -2.36. The number of carbonyl (C=O) groups excluding carboxylic acids is 1. The Morgan fingerprint density at radius 3 is 2.59 bits per heavy atom. The van der Waals surface area contributed by atoms with Crippen molar-refractivity contribution in [3.63, 3.8) is 0 Å². The lowest BCUT2D eigenvalue weighted by atomic mass is 9.63. The predicted molar refractivity (Wildman–Crippen MR) is 142 cm³/mol. The van der Waals surface area contributed by atoms with E-state index >= 15 is 0 Å². The number of ether oxygens (including phenoxy) is 1. The van der Waals surface area contributed by atoms with Crippen LogP contribution in [0.15, 0.2) is 59.6 Å². The van der Waals surface area contributed by atoms with Gasteiger partial charge >= 0.3 is 5.97 Å². The molecule has 0 N–H and O–H groups in total. The maximum absolute atomic E-state index is 14.3. The van der Waals surface area contributed by atoms with Crippen molar-refractivity contribution in [2.45, 2.75) is 44.6 Å². The maximum Gasteiger partial charge on any atom is 0.337 e. The maximum atomic E-state index is 14.3. The van der Waals surface area contributed by atoms with Crippen molar-refractivity contribution in [3.8, 4) is 22.9 Å². The molecule has 4 aromatic rings. The second-order valence-electron chi connectivity index (χ2n) is 10.1. The summed E-state index contributed by atoms with van der Waals surface area (Å²) in [5.41, 5.74) is 7.94. The molecular weight excluding hydrogens is 465 g/mol. The van der Waals surface area contributed by atoms with Crippen molar-refractivity contribution in [1.29, 1.82) is 5.26 Å². The zero-order valence-electron chi connectivity index (χ0n) is 20.8. The quantitative estimate of drug-likeness (QED) is 0.288. The minimum atomic E-state index is -0.383. The van der Waals surface area contributed by atoms with Gasteiger partial charge in [0.25, 0.3) is 0 Å². The van der Waals surface area contributed by atoms with Crippen LogP contribution in [0.25, 0.3) is 27.7 Å². The van der Waals surface area contributed by atoms with Crippen LogP contribution in [-0.2, 0) is 16.7 Å². The van der Waals surface area contributed by atoms with Crippen molar-refractivity contribution in [1.82, 2.24) is 4.57 Å². The van der Waals surface area contributed by atoms with E-state index in [1.54, 1.807) is 19.1 Å². The Bertz CT molecular complexity index is 1640. The van der Waals surface area contributed by atoms with Crippen molar-refractivity contribution in [2.24, 2.45) is 4.99 Å². The molecule has 1 fully saturated rings. The van der Waals surface area contributed by atoms with Crippen LogP contribution in [0.5, 0.6) is 0 Å². The van der Waals surface area contributed by atoms with E-state index in [2.05, 4.69) is 27.8 Å². The minimum Gasteiger partial charge on any atom is -0.465 e. The molecule has 184 valence electrons. The molecule has 0 spiro atoms. The molecule has 0 radical (unpaired) electrons. The molecule has 0 amide bonds. The molecule has 5 nitrogen and oxygen atoms in total. The number of nitrogens with zero attached hydrogens (tertiary/aromatic N) is 3. The van der Waals surface area contributed by atoms with E-state index < -0.39 is 0 Å². The lowest BCUT2D eigenvalue weighted by molar-refractivity contribution is 0.0600. The van der Waals surface area contributed by atoms with Gasteiger partial charge in [-0.2, -0.15) is 5.26 Å². The summed E-state index contributed by atoms with van der Waals surface area (Å²) in [6, 6.07) is 19.5. The Labute approximate surface area is 214 Å². The molecule has 2 heterocycles. The minimum absolute atomic E-state index is 0.246. The van der Waals surface area contributed by atoms with Gasteiger partial charge in [-0.1, -0.05) is 18.6 Å². The number of hydrogen-bond acceptors (Lipinski definition) is 4. The van der Waals surface area contributed by atoms with E-state index in [9.17, 15) is 14.4 Å². The molecule has 37 heavy (non-hydrogen) atoms. The van der Waals surface area contributed by atoms with E-state index in [1.807, 2.05) is 30.5 Å². The first-order valence-corrected chi connectivity index (χ1v) is 12.5. The van der Waals surface area contributed by atoms with Gasteiger partial charge in [-0.05, 0) is 84.5 Å². The van der Waals surface area contributed by atoms with Gasteiger partial charge in [0.15, 0.2) is 0 Å². The van der Waals surface area contributed by atoms with E-state index in [-0.39, 0.29) is 17.2 Å². The molecule has 6 heteroatoms. The van der Waals surface area contributed by atoms with Crippen LogP contribution >= 0.6 is 0 Å². The third-order valence-electron chi connectivity index (χ3n) is 7.95. The highest BCUT2D eigenvalue weighted by Gasteiger charge is 2.44. The third-order valence-corrected chi connectivity index (χ3v) is 7.95.